The molecule has 1 aliphatic heterocycles. The van der Waals surface area contributed by atoms with Gasteiger partial charge in [0.1, 0.15) is 0 Å². The molecular formula is C12H17N3OS. The minimum atomic E-state index is -0.0598. The third kappa shape index (κ3) is 3.14. The Balaban J connectivity index is 1.94. The highest BCUT2D eigenvalue weighted by Gasteiger charge is 2.17. The van der Waals surface area contributed by atoms with Crippen molar-refractivity contribution in [2.45, 2.75) is 6.42 Å². The van der Waals surface area contributed by atoms with E-state index in [1.807, 2.05) is 23.9 Å². The highest BCUT2D eigenvalue weighted by Crippen LogP contribution is 2.22. The van der Waals surface area contributed by atoms with E-state index in [0.717, 1.165) is 12.3 Å². The summed E-state index contributed by atoms with van der Waals surface area (Å²) in [5.74, 6) is 8.29. The number of carbonyl (C=O) groups excluding carboxylic acids is 1. The van der Waals surface area contributed by atoms with Crippen molar-refractivity contribution in [1.82, 2.24) is 5.32 Å². The molecule has 1 fully saturated rings. The van der Waals surface area contributed by atoms with Crippen molar-refractivity contribution < 1.29 is 4.79 Å². The number of hydrogen-bond donors (Lipinski definition) is 3. The monoisotopic (exact) mass is 251 g/mol. The number of hydrogen-bond acceptors (Lipinski definition) is 4. The van der Waals surface area contributed by atoms with Crippen LogP contribution in [0.2, 0.25) is 0 Å². The van der Waals surface area contributed by atoms with Gasteiger partial charge in [-0.25, -0.2) is 0 Å². The van der Waals surface area contributed by atoms with Crippen LogP contribution in [0.25, 0.3) is 0 Å². The highest BCUT2D eigenvalue weighted by atomic mass is 32.2. The average molecular weight is 251 g/mol. The normalized spacial score (nSPS) is 19.0. The van der Waals surface area contributed by atoms with Crippen LogP contribution in [0, 0.1) is 5.92 Å². The highest BCUT2D eigenvalue weighted by molar-refractivity contribution is 7.99. The number of hydrazine groups is 1. The van der Waals surface area contributed by atoms with E-state index in [1.165, 1.54) is 12.2 Å². The molecule has 1 aromatic rings. The molecule has 0 saturated carbocycles. The van der Waals surface area contributed by atoms with Crippen LogP contribution in [-0.2, 0) is 0 Å². The summed E-state index contributed by atoms with van der Waals surface area (Å²) in [6.45, 7) is 0.755. The van der Waals surface area contributed by atoms with Gasteiger partial charge in [-0.2, -0.15) is 11.8 Å². The second-order valence-corrected chi connectivity index (χ2v) is 5.28. The lowest BCUT2D eigenvalue weighted by molar-refractivity contribution is 0.0949. The van der Waals surface area contributed by atoms with Crippen molar-refractivity contribution in [2.75, 3.05) is 23.5 Å². The quantitative estimate of drug-likeness (QED) is 0.560. The molecule has 2 rings (SSSR count). The van der Waals surface area contributed by atoms with Crippen LogP contribution in [0.3, 0.4) is 0 Å². The minimum absolute atomic E-state index is 0.0598. The Kier molecular flexibility index (Phi) is 4.28. The van der Waals surface area contributed by atoms with Gasteiger partial charge in [-0.15, -0.1) is 0 Å². The summed E-state index contributed by atoms with van der Waals surface area (Å²) in [7, 11) is 0. The van der Waals surface area contributed by atoms with Gasteiger partial charge in [-0.05, 0) is 36.0 Å². The van der Waals surface area contributed by atoms with Gasteiger partial charge in [0, 0.05) is 6.54 Å². The van der Waals surface area contributed by atoms with Gasteiger partial charge in [0.25, 0.3) is 5.91 Å². The van der Waals surface area contributed by atoms with Crippen LogP contribution in [0.15, 0.2) is 24.3 Å². The molecule has 0 bridgehead atoms. The molecule has 4 N–H and O–H groups in total. The number of benzene rings is 1. The largest absolute Gasteiger partial charge is 0.352 e. The van der Waals surface area contributed by atoms with E-state index >= 15 is 0 Å². The smallest absolute Gasteiger partial charge is 0.253 e. The second kappa shape index (κ2) is 5.93. The van der Waals surface area contributed by atoms with Gasteiger partial charge >= 0.3 is 0 Å². The van der Waals surface area contributed by atoms with Gasteiger partial charge in [0.05, 0.1) is 11.3 Å². The first-order valence-electron chi connectivity index (χ1n) is 5.73. The number of nitrogens with one attached hydrogen (secondary N) is 2. The number of rotatable bonds is 4. The molecule has 0 spiro atoms. The standard InChI is InChI=1S/C12H17N3OS/c13-15-11-4-2-1-3-10(11)12(16)14-7-9-5-6-17-8-9/h1-4,9,15H,5-8,13H2,(H,14,16). The Morgan fingerprint density at radius 3 is 3.00 bits per heavy atom. The molecule has 0 aliphatic carbocycles. The van der Waals surface area contributed by atoms with Crippen LogP contribution in [0.5, 0.6) is 0 Å². The van der Waals surface area contributed by atoms with Gasteiger partial charge < -0.3 is 10.7 Å². The predicted octanol–water partition coefficient (Wildman–Crippen LogP) is 1.46. The molecule has 4 nitrogen and oxygen atoms in total. The summed E-state index contributed by atoms with van der Waals surface area (Å²) in [5, 5.41) is 2.97. The summed E-state index contributed by atoms with van der Waals surface area (Å²) in [5.41, 5.74) is 3.80. The number of thioether (sulfide) groups is 1. The Labute approximate surface area is 105 Å². The average Bonchev–Trinajstić information content (AvgIpc) is 2.89. The zero-order valence-electron chi connectivity index (χ0n) is 9.61. The lowest BCUT2D eigenvalue weighted by Gasteiger charge is -2.12. The molecule has 92 valence electrons. The lowest BCUT2D eigenvalue weighted by atomic mass is 10.1. The number of para-hydroxylation sites is 1. The van der Waals surface area contributed by atoms with E-state index in [1.54, 1.807) is 12.1 Å². The minimum Gasteiger partial charge on any atom is -0.352 e. The van der Waals surface area contributed by atoms with Crippen molar-refractivity contribution in [3.8, 4) is 0 Å². The molecule has 1 aliphatic rings. The first-order chi connectivity index (χ1) is 8.31. The van der Waals surface area contributed by atoms with Crippen LogP contribution >= 0.6 is 11.8 Å². The number of carbonyl (C=O) groups is 1. The maximum atomic E-state index is 12.0. The molecule has 1 atom stereocenters. The Hall–Kier alpha value is -1.20. The predicted molar refractivity (Wildman–Crippen MR) is 72.0 cm³/mol. The molecule has 0 radical (unpaired) electrons. The molecule has 1 amide bonds. The van der Waals surface area contributed by atoms with Crippen molar-refractivity contribution in [2.24, 2.45) is 11.8 Å². The molecule has 0 aromatic heterocycles. The van der Waals surface area contributed by atoms with E-state index < -0.39 is 0 Å². The van der Waals surface area contributed by atoms with E-state index in [4.69, 9.17) is 5.84 Å². The number of nitrogen functional groups attached to an aromatic ring is 1. The Bertz CT molecular complexity index is 391. The topological polar surface area (TPSA) is 67.1 Å². The zero-order chi connectivity index (χ0) is 12.1. The number of nitrogens with two attached hydrogens (primary N) is 1. The number of amides is 1. The first-order valence-corrected chi connectivity index (χ1v) is 6.88. The molecule has 1 saturated heterocycles. The van der Waals surface area contributed by atoms with E-state index in [0.29, 0.717) is 17.2 Å². The summed E-state index contributed by atoms with van der Waals surface area (Å²) in [6, 6.07) is 7.25. The fraction of sp³-hybridized carbons (Fsp3) is 0.417. The van der Waals surface area contributed by atoms with Crippen LogP contribution < -0.4 is 16.6 Å². The van der Waals surface area contributed by atoms with Crippen LogP contribution in [0.4, 0.5) is 5.69 Å². The van der Waals surface area contributed by atoms with Crippen molar-refractivity contribution in [1.29, 1.82) is 0 Å². The van der Waals surface area contributed by atoms with Crippen LogP contribution in [-0.4, -0.2) is 24.0 Å². The Morgan fingerprint density at radius 2 is 2.29 bits per heavy atom. The molecule has 1 unspecified atom stereocenters. The fourth-order valence-electron chi connectivity index (χ4n) is 1.88. The molecular weight excluding hydrogens is 234 g/mol. The molecule has 1 heterocycles. The maximum Gasteiger partial charge on any atom is 0.253 e. The van der Waals surface area contributed by atoms with Crippen molar-refractivity contribution >= 4 is 23.4 Å². The first kappa shape index (κ1) is 12.3. The molecule has 1 aromatic carbocycles. The van der Waals surface area contributed by atoms with Crippen molar-refractivity contribution in [3.63, 3.8) is 0 Å². The third-order valence-corrected chi connectivity index (χ3v) is 4.13. The molecule has 17 heavy (non-hydrogen) atoms. The van der Waals surface area contributed by atoms with Gasteiger partial charge in [0.15, 0.2) is 0 Å². The van der Waals surface area contributed by atoms with E-state index in [-0.39, 0.29) is 5.91 Å². The van der Waals surface area contributed by atoms with E-state index in [9.17, 15) is 4.79 Å². The second-order valence-electron chi connectivity index (χ2n) is 4.13. The zero-order valence-corrected chi connectivity index (χ0v) is 10.4. The summed E-state index contributed by atoms with van der Waals surface area (Å²) in [4.78, 5) is 12.0. The Morgan fingerprint density at radius 1 is 1.47 bits per heavy atom. The summed E-state index contributed by atoms with van der Waals surface area (Å²) >= 11 is 1.95. The lowest BCUT2D eigenvalue weighted by Crippen LogP contribution is -2.30. The SMILES string of the molecule is NNc1ccccc1C(=O)NCC1CCSC1. The summed E-state index contributed by atoms with van der Waals surface area (Å²) < 4.78 is 0. The van der Waals surface area contributed by atoms with Crippen molar-refractivity contribution in [3.05, 3.63) is 29.8 Å². The van der Waals surface area contributed by atoms with Gasteiger partial charge in [-0.1, -0.05) is 12.1 Å². The third-order valence-electron chi connectivity index (χ3n) is 2.90. The fourth-order valence-corrected chi connectivity index (χ4v) is 3.17. The molecule has 5 heteroatoms. The number of anilines is 1. The van der Waals surface area contributed by atoms with E-state index in [2.05, 4.69) is 10.7 Å². The van der Waals surface area contributed by atoms with Crippen LogP contribution in [0.1, 0.15) is 16.8 Å². The summed E-state index contributed by atoms with van der Waals surface area (Å²) in [6.07, 6.45) is 1.20. The van der Waals surface area contributed by atoms with Gasteiger partial charge in [0.2, 0.25) is 0 Å². The van der Waals surface area contributed by atoms with Gasteiger partial charge in [-0.3, -0.25) is 10.6 Å². The maximum absolute atomic E-state index is 12.0.